The number of methoxy groups -OCH3 is 1. The van der Waals surface area contributed by atoms with Gasteiger partial charge in [0, 0.05) is 11.2 Å². The molecule has 0 aliphatic rings. The molecule has 0 bridgehead atoms. The van der Waals surface area contributed by atoms with Crippen LogP contribution in [0.2, 0.25) is 5.02 Å². The van der Waals surface area contributed by atoms with Crippen LogP contribution in [-0.4, -0.2) is 24.6 Å². The van der Waals surface area contributed by atoms with Crippen molar-refractivity contribution in [3.63, 3.8) is 0 Å². The zero-order valence-corrected chi connectivity index (χ0v) is 12.1. The van der Waals surface area contributed by atoms with Gasteiger partial charge in [-0.2, -0.15) is 0 Å². The highest BCUT2D eigenvalue weighted by Crippen LogP contribution is 2.21. The Morgan fingerprint density at radius 3 is 2.42 bits per heavy atom. The topological polar surface area (TPSA) is 67.4 Å². The van der Waals surface area contributed by atoms with Crippen molar-refractivity contribution in [2.75, 3.05) is 12.4 Å². The summed E-state index contributed by atoms with van der Waals surface area (Å²) >= 11 is 5.88. The van der Waals surface area contributed by atoms with Gasteiger partial charge in [-0.05, 0) is 39.0 Å². The number of hydrogen-bond acceptors (Lipinski definition) is 3. The van der Waals surface area contributed by atoms with Crippen molar-refractivity contribution in [2.24, 2.45) is 0 Å². The van der Waals surface area contributed by atoms with Crippen LogP contribution in [0.15, 0.2) is 18.2 Å². The van der Waals surface area contributed by atoms with Gasteiger partial charge in [-0.3, -0.25) is 0 Å². The van der Waals surface area contributed by atoms with Crippen molar-refractivity contribution >= 4 is 29.3 Å². The molecule has 0 radical (unpaired) electrons. The summed E-state index contributed by atoms with van der Waals surface area (Å²) in [6.45, 7) is 5.61. The Balaban J connectivity index is 2.86. The zero-order chi connectivity index (χ0) is 14.6. The van der Waals surface area contributed by atoms with Crippen LogP contribution in [0.5, 0.6) is 0 Å². The van der Waals surface area contributed by atoms with Crippen LogP contribution in [-0.2, 0) is 4.74 Å². The van der Waals surface area contributed by atoms with E-state index in [9.17, 15) is 9.59 Å². The van der Waals surface area contributed by atoms with Gasteiger partial charge in [0.15, 0.2) is 0 Å². The number of nitrogens with one attached hydrogen (secondary N) is 2. The molecule has 0 aliphatic heterocycles. The molecule has 0 aromatic heterocycles. The Kier molecular flexibility index (Phi) is 4.78. The number of carbonyl (C=O) groups is 2. The average Bonchev–Trinajstić information content (AvgIpc) is 2.28. The molecule has 0 fully saturated rings. The van der Waals surface area contributed by atoms with E-state index in [2.05, 4.69) is 15.4 Å². The molecule has 2 amide bonds. The summed E-state index contributed by atoms with van der Waals surface area (Å²) in [6, 6.07) is 4.25. The predicted octanol–water partition coefficient (Wildman–Crippen LogP) is 3.05. The summed E-state index contributed by atoms with van der Waals surface area (Å²) in [5.41, 5.74) is 0.325. The van der Waals surface area contributed by atoms with Gasteiger partial charge >= 0.3 is 12.0 Å². The maximum absolute atomic E-state index is 11.7. The monoisotopic (exact) mass is 284 g/mol. The van der Waals surface area contributed by atoms with E-state index in [0.29, 0.717) is 5.69 Å². The molecule has 104 valence electrons. The average molecular weight is 285 g/mol. The van der Waals surface area contributed by atoms with E-state index in [0.717, 1.165) is 0 Å². The van der Waals surface area contributed by atoms with Crippen molar-refractivity contribution in [1.82, 2.24) is 5.32 Å². The number of amides is 2. The number of anilines is 1. The Morgan fingerprint density at radius 2 is 1.89 bits per heavy atom. The summed E-state index contributed by atoms with van der Waals surface area (Å²) < 4.78 is 4.61. The van der Waals surface area contributed by atoms with Crippen molar-refractivity contribution in [3.8, 4) is 0 Å². The van der Waals surface area contributed by atoms with Crippen LogP contribution in [0.1, 0.15) is 31.1 Å². The number of ether oxygens (including phenoxy) is 1. The zero-order valence-electron chi connectivity index (χ0n) is 11.3. The highest BCUT2D eigenvalue weighted by atomic mass is 35.5. The lowest BCUT2D eigenvalue weighted by Gasteiger charge is -2.20. The van der Waals surface area contributed by atoms with Crippen LogP contribution in [0.25, 0.3) is 0 Å². The van der Waals surface area contributed by atoms with Gasteiger partial charge in [0.2, 0.25) is 0 Å². The minimum atomic E-state index is -0.551. The molecule has 1 rings (SSSR count). The Bertz CT molecular complexity index is 495. The van der Waals surface area contributed by atoms with E-state index in [1.54, 1.807) is 6.07 Å². The predicted molar refractivity (Wildman–Crippen MR) is 74.7 cm³/mol. The van der Waals surface area contributed by atoms with Crippen LogP contribution in [0.4, 0.5) is 10.5 Å². The summed E-state index contributed by atoms with van der Waals surface area (Å²) in [4.78, 5) is 23.2. The quantitative estimate of drug-likeness (QED) is 0.820. The molecule has 0 aliphatic carbocycles. The van der Waals surface area contributed by atoms with Gasteiger partial charge < -0.3 is 15.4 Å². The summed E-state index contributed by atoms with van der Waals surface area (Å²) in [7, 11) is 1.27. The molecular formula is C13H17ClN2O3. The third kappa shape index (κ3) is 4.79. The van der Waals surface area contributed by atoms with Gasteiger partial charge in [0.1, 0.15) is 0 Å². The number of hydrogen-bond donors (Lipinski definition) is 2. The minimum Gasteiger partial charge on any atom is -0.465 e. The maximum Gasteiger partial charge on any atom is 0.339 e. The molecule has 0 heterocycles. The fourth-order valence-corrected chi connectivity index (χ4v) is 1.57. The number of esters is 1. The summed E-state index contributed by atoms with van der Waals surface area (Å²) in [6.07, 6.45) is 0. The summed E-state index contributed by atoms with van der Waals surface area (Å²) in [5.74, 6) is -0.551. The highest BCUT2D eigenvalue weighted by Gasteiger charge is 2.15. The Hall–Kier alpha value is -1.75. The second-order valence-corrected chi connectivity index (χ2v) is 5.42. The van der Waals surface area contributed by atoms with E-state index in [4.69, 9.17) is 11.6 Å². The molecule has 0 saturated carbocycles. The van der Waals surface area contributed by atoms with E-state index >= 15 is 0 Å². The fraction of sp³-hybridized carbons (Fsp3) is 0.385. The third-order valence-electron chi connectivity index (χ3n) is 2.12. The standard InChI is InChI=1S/C13H17ClN2O3/c1-13(2,3)16-12(18)15-8-5-6-10(14)9(7-8)11(17)19-4/h5-7H,1-4H3,(H2,15,16,18). The molecule has 5 nitrogen and oxygen atoms in total. The van der Waals surface area contributed by atoms with Crippen molar-refractivity contribution < 1.29 is 14.3 Å². The lowest BCUT2D eigenvalue weighted by Crippen LogP contribution is -2.43. The van der Waals surface area contributed by atoms with E-state index in [1.165, 1.54) is 19.2 Å². The largest absolute Gasteiger partial charge is 0.465 e. The SMILES string of the molecule is COC(=O)c1cc(NC(=O)NC(C)(C)C)ccc1Cl. The number of carbonyl (C=O) groups excluding carboxylic acids is 2. The number of rotatable bonds is 2. The fourth-order valence-electron chi connectivity index (χ4n) is 1.37. The summed E-state index contributed by atoms with van der Waals surface area (Å²) in [5, 5.41) is 5.65. The first-order valence-electron chi connectivity index (χ1n) is 5.70. The molecule has 6 heteroatoms. The lowest BCUT2D eigenvalue weighted by atomic mass is 10.1. The van der Waals surface area contributed by atoms with E-state index in [1.807, 2.05) is 20.8 Å². The molecule has 0 spiro atoms. The molecule has 19 heavy (non-hydrogen) atoms. The molecule has 1 aromatic carbocycles. The number of urea groups is 1. The normalized spacial score (nSPS) is 10.8. The highest BCUT2D eigenvalue weighted by molar-refractivity contribution is 6.33. The molecule has 0 atom stereocenters. The third-order valence-corrected chi connectivity index (χ3v) is 2.45. The van der Waals surface area contributed by atoms with Gasteiger partial charge in [-0.25, -0.2) is 9.59 Å². The van der Waals surface area contributed by atoms with Gasteiger partial charge in [-0.1, -0.05) is 11.6 Å². The van der Waals surface area contributed by atoms with Crippen LogP contribution in [0.3, 0.4) is 0 Å². The second-order valence-electron chi connectivity index (χ2n) is 5.02. The van der Waals surface area contributed by atoms with Crippen LogP contribution < -0.4 is 10.6 Å². The van der Waals surface area contributed by atoms with Gasteiger partial charge in [-0.15, -0.1) is 0 Å². The molecule has 2 N–H and O–H groups in total. The first-order valence-corrected chi connectivity index (χ1v) is 6.08. The second kappa shape index (κ2) is 5.93. The molecule has 1 aromatic rings. The van der Waals surface area contributed by atoms with Crippen molar-refractivity contribution in [3.05, 3.63) is 28.8 Å². The van der Waals surface area contributed by atoms with Crippen molar-refractivity contribution in [2.45, 2.75) is 26.3 Å². The maximum atomic E-state index is 11.7. The Labute approximate surface area is 117 Å². The van der Waals surface area contributed by atoms with E-state index < -0.39 is 5.97 Å². The van der Waals surface area contributed by atoms with E-state index in [-0.39, 0.29) is 22.2 Å². The molecular weight excluding hydrogens is 268 g/mol. The minimum absolute atomic E-state index is 0.206. The number of benzene rings is 1. The molecule has 0 saturated heterocycles. The Morgan fingerprint density at radius 1 is 1.26 bits per heavy atom. The van der Waals surface area contributed by atoms with Crippen molar-refractivity contribution in [1.29, 1.82) is 0 Å². The van der Waals surface area contributed by atoms with Crippen LogP contribution in [0, 0.1) is 0 Å². The lowest BCUT2D eigenvalue weighted by molar-refractivity contribution is 0.0601. The first kappa shape index (κ1) is 15.3. The first-order chi connectivity index (χ1) is 8.73. The molecule has 0 unspecified atom stereocenters. The smallest absolute Gasteiger partial charge is 0.339 e. The van der Waals surface area contributed by atoms with Crippen LogP contribution >= 0.6 is 11.6 Å². The van der Waals surface area contributed by atoms with Gasteiger partial charge in [0.05, 0.1) is 17.7 Å². The number of halogens is 1. The van der Waals surface area contributed by atoms with Gasteiger partial charge in [0.25, 0.3) is 0 Å².